The molecule has 36 heavy (non-hydrogen) atoms. The number of allylic oxidation sites excluding steroid dienone is 1. The summed E-state index contributed by atoms with van der Waals surface area (Å²) in [6, 6.07) is 16.4. The van der Waals surface area contributed by atoms with Gasteiger partial charge in [-0.05, 0) is 48.4 Å². The molecule has 0 saturated carbocycles. The third kappa shape index (κ3) is 4.01. The second-order valence-electron chi connectivity index (χ2n) is 8.82. The Hall–Kier alpha value is -4.78. The van der Waals surface area contributed by atoms with Gasteiger partial charge in [0.1, 0.15) is 5.69 Å². The van der Waals surface area contributed by atoms with Crippen LogP contribution in [0.5, 0.6) is 0 Å². The average Bonchev–Trinajstić information content (AvgIpc) is 3.53. The monoisotopic (exact) mass is 471 g/mol. The normalized spacial score (nSPS) is 11.2. The first-order valence-corrected chi connectivity index (χ1v) is 12.0. The van der Waals surface area contributed by atoms with Crippen LogP contribution >= 0.6 is 0 Å². The molecule has 176 valence electrons. The van der Waals surface area contributed by atoms with Crippen LogP contribution in [0.4, 0.5) is 5.69 Å². The van der Waals surface area contributed by atoms with Crippen LogP contribution in [0.1, 0.15) is 19.8 Å². The van der Waals surface area contributed by atoms with Crippen molar-refractivity contribution in [2.45, 2.75) is 19.8 Å². The molecule has 5 heterocycles. The predicted octanol–water partition coefficient (Wildman–Crippen LogP) is 6.96. The molecular formula is C29H25N7. The van der Waals surface area contributed by atoms with E-state index in [1.165, 1.54) is 0 Å². The number of nitrogens with zero attached hydrogens (tertiary/aromatic N) is 4. The van der Waals surface area contributed by atoms with Crippen molar-refractivity contribution in [1.29, 1.82) is 0 Å². The Morgan fingerprint density at radius 3 is 2.69 bits per heavy atom. The number of nitrogens with one attached hydrogen (secondary N) is 3. The minimum Gasteiger partial charge on any atom is -0.358 e. The lowest BCUT2D eigenvalue weighted by Gasteiger charge is -2.10. The van der Waals surface area contributed by atoms with Crippen molar-refractivity contribution >= 4 is 27.5 Å². The second-order valence-corrected chi connectivity index (χ2v) is 8.82. The number of pyridine rings is 3. The summed E-state index contributed by atoms with van der Waals surface area (Å²) in [5.74, 6) is 0. The maximum Gasteiger partial charge on any atom is 0.116 e. The molecule has 0 aliphatic heterocycles. The number of H-pyrrole nitrogens is 2. The molecule has 6 aromatic rings. The largest absolute Gasteiger partial charge is 0.358 e. The van der Waals surface area contributed by atoms with E-state index in [9.17, 15) is 0 Å². The zero-order valence-corrected chi connectivity index (χ0v) is 19.9. The number of aromatic amines is 2. The van der Waals surface area contributed by atoms with Gasteiger partial charge < -0.3 is 10.3 Å². The fraction of sp³-hybridized carbons (Fsp3) is 0.103. The van der Waals surface area contributed by atoms with Crippen LogP contribution in [0.3, 0.4) is 0 Å². The van der Waals surface area contributed by atoms with Gasteiger partial charge in [0.05, 0.1) is 40.5 Å². The van der Waals surface area contributed by atoms with E-state index in [1.807, 2.05) is 43.0 Å². The molecule has 0 fully saturated rings. The SMILES string of the molecule is C=C(CCC)Nc1cncc(-c2ccc3[nH]nc(-c4cc5c(-c6ccccn6)cncc5[nH]4)c3c2)c1. The number of benzene rings is 1. The van der Waals surface area contributed by atoms with Gasteiger partial charge in [-0.2, -0.15) is 5.10 Å². The van der Waals surface area contributed by atoms with Crippen LogP contribution in [0, 0.1) is 0 Å². The molecule has 0 bridgehead atoms. The van der Waals surface area contributed by atoms with Gasteiger partial charge >= 0.3 is 0 Å². The van der Waals surface area contributed by atoms with E-state index >= 15 is 0 Å². The Bertz CT molecular complexity index is 1700. The summed E-state index contributed by atoms with van der Waals surface area (Å²) in [4.78, 5) is 16.9. The molecule has 0 atom stereocenters. The third-order valence-electron chi connectivity index (χ3n) is 6.25. The lowest BCUT2D eigenvalue weighted by molar-refractivity contribution is 0.913. The van der Waals surface area contributed by atoms with Crippen LogP contribution in [0.2, 0.25) is 0 Å². The molecule has 0 amide bonds. The zero-order valence-electron chi connectivity index (χ0n) is 19.9. The van der Waals surface area contributed by atoms with Crippen molar-refractivity contribution in [1.82, 2.24) is 30.1 Å². The van der Waals surface area contributed by atoms with Crippen LogP contribution in [0.25, 0.3) is 55.6 Å². The number of fused-ring (bicyclic) bond motifs is 2. The average molecular weight is 472 g/mol. The smallest absolute Gasteiger partial charge is 0.116 e. The van der Waals surface area contributed by atoms with Crippen molar-refractivity contribution in [3.05, 3.63) is 91.8 Å². The van der Waals surface area contributed by atoms with Crippen LogP contribution in [-0.4, -0.2) is 30.1 Å². The molecule has 6 rings (SSSR count). The fourth-order valence-electron chi connectivity index (χ4n) is 4.54. The van der Waals surface area contributed by atoms with E-state index in [1.54, 1.807) is 6.20 Å². The number of aromatic nitrogens is 6. The first-order chi connectivity index (χ1) is 17.7. The Labute approximate surface area is 208 Å². The molecule has 0 spiro atoms. The molecule has 0 unspecified atom stereocenters. The highest BCUT2D eigenvalue weighted by Crippen LogP contribution is 2.34. The van der Waals surface area contributed by atoms with E-state index in [0.29, 0.717) is 0 Å². The molecule has 0 saturated heterocycles. The summed E-state index contributed by atoms with van der Waals surface area (Å²) in [5, 5.41) is 13.3. The summed E-state index contributed by atoms with van der Waals surface area (Å²) in [5.41, 5.74) is 9.56. The Balaban J connectivity index is 1.40. The summed E-state index contributed by atoms with van der Waals surface area (Å²) >= 11 is 0. The van der Waals surface area contributed by atoms with Crippen LogP contribution in [0.15, 0.2) is 91.8 Å². The van der Waals surface area contributed by atoms with Gasteiger partial charge in [0.25, 0.3) is 0 Å². The second kappa shape index (κ2) is 9.11. The predicted molar refractivity (Wildman–Crippen MR) is 145 cm³/mol. The van der Waals surface area contributed by atoms with Crippen LogP contribution < -0.4 is 5.32 Å². The highest BCUT2D eigenvalue weighted by molar-refractivity contribution is 6.01. The summed E-state index contributed by atoms with van der Waals surface area (Å²) in [7, 11) is 0. The Kier molecular flexibility index (Phi) is 5.50. The standard InChI is InChI=1S/C29H25N7/c1-3-6-18(2)33-21-11-20(14-30-15-21)19-8-9-26-23(12-19)29(36-35-26)27-13-22-24(16-31-17-28(22)34-27)25-7-4-5-10-32-25/h4-5,7-17,33-34H,2-3,6H2,1H3,(H,35,36). The van der Waals surface area contributed by atoms with E-state index in [-0.39, 0.29) is 0 Å². The fourth-order valence-corrected chi connectivity index (χ4v) is 4.54. The first kappa shape index (κ1) is 21.7. The zero-order chi connectivity index (χ0) is 24.5. The van der Waals surface area contributed by atoms with Gasteiger partial charge in [0.2, 0.25) is 0 Å². The van der Waals surface area contributed by atoms with Crippen molar-refractivity contribution in [3.8, 4) is 33.8 Å². The van der Waals surface area contributed by atoms with E-state index < -0.39 is 0 Å². The van der Waals surface area contributed by atoms with Gasteiger partial charge in [0, 0.05) is 46.2 Å². The number of rotatable bonds is 7. The number of hydrogen-bond donors (Lipinski definition) is 3. The van der Waals surface area contributed by atoms with Gasteiger partial charge in [-0.1, -0.05) is 32.1 Å². The van der Waals surface area contributed by atoms with Crippen molar-refractivity contribution in [2.24, 2.45) is 0 Å². The summed E-state index contributed by atoms with van der Waals surface area (Å²) in [6.45, 7) is 6.24. The van der Waals surface area contributed by atoms with E-state index in [4.69, 9.17) is 0 Å². The molecule has 0 aliphatic rings. The number of hydrogen-bond acceptors (Lipinski definition) is 5. The lowest BCUT2D eigenvalue weighted by atomic mass is 10.0. The molecule has 3 N–H and O–H groups in total. The number of anilines is 1. The molecule has 5 aromatic heterocycles. The van der Waals surface area contributed by atoms with Gasteiger partial charge in [-0.15, -0.1) is 0 Å². The first-order valence-electron chi connectivity index (χ1n) is 12.0. The van der Waals surface area contributed by atoms with Crippen molar-refractivity contribution < 1.29 is 0 Å². The summed E-state index contributed by atoms with van der Waals surface area (Å²) in [6.07, 6.45) is 11.2. The lowest BCUT2D eigenvalue weighted by Crippen LogP contribution is -1.98. The minimum absolute atomic E-state index is 0.855. The van der Waals surface area contributed by atoms with Gasteiger partial charge in [-0.25, -0.2) is 0 Å². The molecule has 0 radical (unpaired) electrons. The third-order valence-corrected chi connectivity index (χ3v) is 6.25. The van der Waals surface area contributed by atoms with Crippen molar-refractivity contribution in [3.63, 3.8) is 0 Å². The Morgan fingerprint density at radius 2 is 1.83 bits per heavy atom. The molecule has 7 heteroatoms. The molecule has 7 nitrogen and oxygen atoms in total. The van der Waals surface area contributed by atoms with E-state index in [2.05, 4.69) is 79.3 Å². The maximum atomic E-state index is 4.64. The van der Waals surface area contributed by atoms with E-state index in [0.717, 1.165) is 79.8 Å². The van der Waals surface area contributed by atoms with Gasteiger partial charge in [0.15, 0.2) is 0 Å². The quantitative estimate of drug-likeness (QED) is 0.234. The molecular weight excluding hydrogens is 446 g/mol. The maximum absolute atomic E-state index is 4.64. The highest BCUT2D eigenvalue weighted by Gasteiger charge is 2.15. The molecule has 1 aromatic carbocycles. The topological polar surface area (TPSA) is 95.2 Å². The van der Waals surface area contributed by atoms with Crippen LogP contribution in [-0.2, 0) is 0 Å². The van der Waals surface area contributed by atoms with Crippen molar-refractivity contribution in [2.75, 3.05) is 5.32 Å². The summed E-state index contributed by atoms with van der Waals surface area (Å²) < 4.78 is 0. The minimum atomic E-state index is 0.855. The highest BCUT2D eigenvalue weighted by atomic mass is 15.1. The molecule has 0 aliphatic carbocycles. The Morgan fingerprint density at radius 1 is 0.917 bits per heavy atom. The van der Waals surface area contributed by atoms with Gasteiger partial charge in [-0.3, -0.25) is 20.1 Å².